The van der Waals surface area contributed by atoms with Crippen molar-refractivity contribution in [2.24, 2.45) is 0 Å². The standard InChI is InChI=1S/C13H20N2/c1-6-10(3)8-15-9-14-13(12(15)5)11(4)7-2/h6-7,9H,8H2,1-5H3/b10-6-,11-7-. The normalized spacial score (nSPS) is 13.4. The molecule has 0 saturated carbocycles. The second kappa shape index (κ2) is 4.96. The van der Waals surface area contributed by atoms with E-state index in [0.717, 1.165) is 12.2 Å². The van der Waals surface area contributed by atoms with Crippen LogP contribution in [0.1, 0.15) is 39.1 Å². The van der Waals surface area contributed by atoms with Crippen LogP contribution in [0.4, 0.5) is 0 Å². The average Bonchev–Trinajstić information content (AvgIpc) is 2.59. The summed E-state index contributed by atoms with van der Waals surface area (Å²) in [5.74, 6) is 0. The van der Waals surface area contributed by atoms with Gasteiger partial charge in [-0.25, -0.2) is 4.98 Å². The van der Waals surface area contributed by atoms with Crippen molar-refractivity contribution in [3.63, 3.8) is 0 Å². The molecule has 0 aliphatic heterocycles. The lowest BCUT2D eigenvalue weighted by atomic mass is 10.2. The number of rotatable bonds is 3. The molecule has 0 bridgehead atoms. The Morgan fingerprint density at radius 1 is 1.33 bits per heavy atom. The van der Waals surface area contributed by atoms with Crippen molar-refractivity contribution < 1.29 is 0 Å². The highest BCUT2D eigenvalue weighted by molar-refractivity contribution is 5.61. The van der Waals surface area contributed by atoms with Crippen LogP contribution in [0, 0.1) is 6.92 Å². The van der Waals surface area contributed by atoms with Crippen molar-refractivity contribution in [2.45, 2.75) is 41.2 Å². The smallest absolute Gasteiger partial charge is 0.0958 e. The number of hydrogen-bond donors (Lipinski definition) is 0. The quantitative estimate of drug-likeness (QED) is 0.688. The average molecular weight is 204 g/mol. The number of hydrogen-bond acceptors (Lipinski definition) is 1. The molecule has 82 valence electrons. The molecule has 0 unspecified atom stereocenters. The first-order valence-corrected chi connectivity index (χ1v) is 5.37. The highest BCUT2D eigenvalue weighted by Crippen LogP contribution is 2.17. The van der Waals surface area contributed by atoms with Gasteiger partial charge < -0.3 is 4.57 Å². The third-order valence-electron chi connectivity index (χ3n) is 2.82. The lowest BCUT2D eigenvalue weighted by molar-refractivity contribution is 0.755. The zero-order valence-electron chi connectivity index (χ0n) is 10.3. The van der Waals surface area contributed by atoms with Gasteiger partial charge in [-0.3, -0.25) is 0 Å². The van der Waals surface area contributed by atoms with Crippen molar-refractivity contribution in [3.8, 4) is 0 Å². The van der Waals surface area contributed by atoms with Gasteiger partial charge in [-0.15, -0.1) is 0 Å². The van der Waals surface area contributed by atoms with Gasteiger partial charge in [-0.1, -0.05) is 17.7 Å². The van der Waals surface area contributed by atoms with E-state index in [1.165, 1.54) is 16.8 Å². The second-order valence-corrected chi connectivity index (χ2v) is 3.91. The van der Waals surface area contributed by atoms with Crippen LogP contribution in [-0.2, 0) is 6.54 Å². The molecular formula is C13H20N2. The van der Waals surface area contributed by atoms with E-state index in [1.54, 1.807) is 0 Å². The van der Waals surface area contributed by atoms with Crippen LogP contribution in [0.5, 0.6) is 0 Å². The molecule has 0 amide bonds. The Bertz CT molecular complexity index is 395. The Kier molecular flexibility index (Phi) is 3.89. The SMILES string of the molecule is C/C=C(/C)Cn1cnc(/C(C)=C\C)c1C. The number of imidazole rings is 1. The molecule has 1 aromatic rings. The molecule has 1 aromatic heterocycles. The minimum Gasteiger partial charge on any atom is -0.330 e. The first-order chi connectivity index (χ1) is 7.10. The summed E-state index contributed by atoms with van der Waals surface area (Å²) in [4.78, 5) is 4.44. The summed E-state index contributed by atoms with van der Waals surface area (Å²) in [6.45, 7) is 11.4. The summed E-state index contributed by atoms with van der Waals surface area (Å²) < 4.78 is 2.19. The fourth-order valence-electron chi connectivity index (χ4n) is 1.49. The van der Waals surface area contributed by atoms with Crippen LogP contribution in [0.3, 0.4) is 0 Å². The van der Waals surface area contributed by atoms with Crippen LogP contribution in [-0.4, -0.2) is 9.55 Å². The molecular weight excluding hydrogens is 184 g/mol. The maximum Gasteiger partial charge on any atom is 0.0958 e. The highest BCUT2D eigenvalue weighted by atomic mass is 15.1. The molecule has 0 saturated heterocycles. The fourth-order valence-corrected chi connectivity index (χ4v) is 1.49. The zero-order chi connectivity index (χ0) is 11.4. The minimum atomic E-state index is 0.937. The molecule has 0 spiro atoms. The van der Waals surface area contributed by atoms with Gasteiger partial charge in [0.1, 0.15) is 0 Å². The Balaban J connectivity index is 2.99. The predicted molar refractivity (Wildman–Crippen MR) is 65.7 cm³/mol. The van der Waals surface area contributed by atoms with Crippen LogP contribution in [0.15, 0.2) is 24.1 Å². The van der Waals surface area contributed by atoms with E-state index in [9.17, 15) is 0 Å². The van der Waals surface area contributed by atoms with Crippen molar-refractivity contribution in [1.82, 2.24) is 9.55 Å². The molecule has 0 atom stereocenters. The molecule has 0 fully saturated rings. The number of allylic oxidation sites excluding steroid dienone is 4. The van der Waals surface area contributed by atoms with Crippen molar-refractivity contribution in [2.75, 3.05) is 0 Å². The van der Waals surface area contributed by atoms with Gasteiger partial charge >= 0.3 is 0 Å². The number of nitrogens with zero attached hydrogens (tertiary/aromatic N) is 2. The molecule has 2 nitrogen and oxygen atoms in total. The fraction of sp³-hybridized carbons (Fsp3) is 0.462. The molecule has 0 aliphatic rings. The van der Waals surface area contributed by atoms with E-state index < -0.39 is 0 Å². The first kappa shape index (κ1) is 11.8. The summed E-state index contributed by atoms with van der Waals surface area (Å²) in [6.07, 6.45) is 6.16. The van der Waals surface area contributed by atoms with Gasteiger partial charge in [0.15, 0.2) is 0 Å². The number of aromatic nitrogens is 2. The molecule has 0 N–H and O–H groups in total. The maximum absolute atomic E-state index is 4.44. The lowest BCUT2D eigenvalue weighted by Crippen LogP contribution is -2.00. The summed E-state index contributed by atoms with van der Waals surface area (Å²) in [5, 5.41) is 0. The molecule has 2 heteroatoms. The second-order valence-electron chi connectivity index (χ2n) is 3.91. The van der Waals surface area contributed by atoms with Crippen LogP contribution in [0.2, 0.25) is 0 Å². The monoisotopic (exact) mass is 204 g/mol. The van der Waals surface area contributed by atoms with Crippen LogP contribution in [0.25, 0.3) is 5.57 Å². The molecule has 15 heavy (non-hydrogen) atoms. The Morgan fingerprint density at radius 3 is 2.53 bits per heavy atom. The third kappa shape index (κ3) is 2.58. The van der Waals surface area contributed by atoms with Crippen molar-refractivity contribution in [1.29, 1.82) is 0 Å². The van der Waals surface area contributed by atoms with Gasteiger partial charge in [0.05, 0.1) is 12.0 Å². The van der Waals surface area contributed by atoms with Gasteiger partial charge in [-0.05, 0) is 40.2 Å². The van der Waals surface area contributed by atoms with Crippen molar-refractivity contribution >= 4 is 5.57 Å². The lowest BCUT2D eigenvalue weighted by Gasteiger charge is -2.06. The molecule has 0 aromatic carbocycles. The van der Waals surface area contributed by atoms with Crippen LogP contribution >= 0.6 is 0 Å². The summed E-state index contributed by atoms with van der Waals surface area (Å²) in [5.41, 5.74) is 4.96. The molecule has 0 aliphatic carbocycles. The van der Waals surface area contributed by atoms with E-state index in [-0.39, 0.29) is 0 Å². The van der Waals surface area contributed by atoms with E-state index >= 15 is 0 Å². The molecule has 0 radical (unpaired) electrons. The third-order valence-corrected chi connectivity index (χ3v) is 2.82. The highest BCUT2D eigenvalue weighted by Gasteiger charge is 2.07. The van der Waals surface area contributed by atoms with E-state index in [1.807, 2.05) is 13.3 Å². The van der Waals surface area contributed by atoms with Gasteiger partial charge in [0, 0.05) is 12.2 Å². The Morgan fingerprint density at radius 2 is 2.00 bits per heavy atom. The molecule has 1 heterocycles. The first-order valence-electron chi connectivity index (χ1n) is 5.37. The van der Waals surface area contributed by atoms with E-state index in [2.05, 4.69) is 49.4 Å². The van der Waals surface area contributed by atoms with Gasteiger partial charge in [0.2, 0.25) is 0 Å². The van der Waals surface area contributed by atoms with E-state index in [4.69, 9.17) is 0 Å². The predicted octanol–water partition coefficient (Wildman–Crippen LogP) is 3.58. The largest absolute Gasteiger partial charge is 0.330 e. The van der Waals surface area contributed by atoms with Crippen LogP contribution < -0.4 is 0 Å². The summed E-state index contributed by atoms with van der Waals surface area (Å²) in [6, 6.07) is 0. The van der Waals surface area contributed by atoms with Gasteiger partial charge in [-0.2, -0.15) is 0 Å². The Labute approximate surface area is 92.3 Å². The van der Waals surface area contributed by atoms with Gasteiger partial charge in [0.25, 0.3) is 0 Å². The minimum absolute atomic E-state index is 0.937. The molecule has 1 rings (SSSR count). The van der Waals surface area contributed by atoms with Crippen molar-refractivity contribution in [3.05, 3.63) is 35.4 Å². The zero-order valence-corrected chi connectivity index (χ0v) is 10.3. The maximum atomic E-state index is 4.44. The van der Waals surface area contributed by atoms with E-state index in [0.29, 0.717) is 0 Å². The Hall–Kier alpha value is -1.31. The topological polar surface area (TPSA) is 17.8 Å². The summed E-state index contributed by atoms with van der Waals surface area (Å²) in [7, 11) is 0. The summed E-state index contributed by atoms with van der Waals surface area (Å²) >= 11 is 0.